The SMILES string of the molecule is COc1cc2c(-c3n[nH]c(=S)o3)c(C)n(Cc3ccco3)c2c2ccccc12. The minimum atomic E-state index is 0.245. The van der Waals surface area contributed by atoms with E-state index >= 15 is 0 Å². The van der Waals surface area contributed by atoms with Gasteiger partial charge in [-0.1, -0.05) is 24.3 Å². The Morgan fingerprint density at radius 2 is 1.96 bits per heavy atom. The van der Waals surface area contributed by atoms with Crippen molar-refractivity contribution in [2.75, 3.05) is 7.11 Å². The number of furan rings is 1. The molecule has 6 nitrogen and oxygen atoms in total. The van der Waals surface area contributed by atoms with Gasteiger partial charge in [0.15, 0.2) is 0 Å². The highest BCUT2D eigenvalue weighted by Gasteiger charge is 2.23. The van der Waals surface area contributed by atoms with Crippen molar-refractivity contribution in [1.82, 2.24) is 14.8 Å². The lowest BCUT2D eigenvalue weighted by Gasteiger charge is -2.11. The Bertz CT molecular complexity index is 1360. The van der Waals surface area contributed by atoms with Crippen LogP contribution < -0.4 is 4.74 Å². The Kier molecular flexibility index (Phi) is 3.84. The van der Waals surface area contributed by atoms with Crippen LogP contribution in [-0.2, 0) is 6.54 Å². The zero-order valence-corrected chi connectivity index (χ0v) is 16.2. The van der Waals surface area contributed by atoms with Gasteiger partial charge < -0.3 is 18.1 Å². The number of methoxy groups -OCH3 is 1. The van der Waals surface area contributed by atoms with Crippen molar-refractivity contribution in [3.8, 4) is 17.2 Å². The normalized spacial score (nSPS) is 11.5. The predicted octanol–water partition coefficient (Wildman–Crippen LogP) is 5.47. The summed E-state index contributed by atoms with van der Waals surface area (Å²) in [6.45, 7) is 2.64. The van der Waals surface area contributed by atoms with Crippen LogP contribution in [0.4, 0.5) is 0 Å². The lowest BCUT2D eigenvalue weighted by Crippen LogP contribution is -2.01. The van der Waals surface area contributed by atoms with Crippen molar-refractivity contribution >= 4 is 33.9 Å². The van der Waals surface area contributed by atoms with Gasteiger partial charge in [0.05, 0.1) is 31.0 Å². The van der Waals surface area contributed by atoms with Crippen LogP contribution in [0.3, 0.4) is 0 Å². The molecule has 0 atom stereocenters. The predicted molar refractivity (Wildman–Crippen MR) is 109 cm³/mol. The van der Waals surface area contributed by atoms with E-state index < -0.39 is 0 Å². The summed E-state index contributed by atoms with van der Waals surface area (Å²) in [7, 11) is 1.68. The van der Waals surface area contributed by atoms with Gasteiger partial charge in [-0.2, -0.15) is 0 Å². The molecule has 5 rings (SSSR count). The van der Waals surface area contributed by atoms with E-state index in [1.165, 1.54) is 0 Å². The van der Waals surface area contributed by atoms with Gasteiger partial charge in [-0.05, 0) is 37.3 Å². The van der Waals surface area contributed by atoms with Gasteiger partial charge in [-0.3, -0.25) is 0 Å². The highest BCUT2D eigenvalue weighted by Crippen LogP contribution is 2.41. The Hall–Kier alpha value is -3.32. The van der Waals surface area contributed by atoms with Crippen LogP contribution in [-0.4, -0.2) is 21.9 Å². The van der Waals surface area contributed by atoms with Crippen molar-refractivity contribution in [3.63, 3.8) is 0 Å². The Morgan fingerprint density at radius 1 is 1.14 bits per heavy atom. The summed E-state index contributed by atoms with van der Waals surface area (Å²) in [6, 6.07) is 14.1. The summed E-state index contributed by atoms with van der Waals surface area (Å²) in [5.41, 5.74) is 2.97. The first-order valence-corrected chi connectivity index (χ1v) is 9.25. The number of H-pyrrole nitrogens is 1. The molecule has 0 bridgehead atoms. The highest BCUT2D eigenvalue weighted by atomic mass is 32.1. The fourth-order valence-electron chi connectivity index (χ4n) is 3.84. The Balaban J connectivity index is 1.93. The third-order valence-electron chi connectivity index (χ3n) is 5.05. The molecule has 0 aliphatic heterocycles. The van der Waals surface area contributed by atoms with Crippen LogP contribution in [0.2, 0.25) is 0 Å². The third-order valence-corrected chi connectivity index (χ3v) is 5.22. The molecule has 0 saturated heterocycles. The molecular weight excluding hydrogens is 374 g/mol. The molecule has 0 saturated carbocycles. The van der Waals surface area contributed by atoms with E-state index in [1.807, 2.05) is 37.3 Å². The smallest absolute Gasteiger partial charge is 0.284 e. The second-order valence-electron chi connectivity index (χ2n) is 6.56. The summed E-state index contributed by atoms with van der Waals surface area (Å²) < 4.78 is 19.2. The van der Waals surface area contributed by atoms with Crippen LogP contribution in [0.25, 0.3) is 33.1 Å². The number of fused-ring (bicyclic) bond motifs is 3. The molecule has 3 aromatic heterocycles. The molecule has 0 aliphatic carbocycles. The largest absolute Gasteiger partial charge is 0.496 e. The zero-order valence-electron chi connectivity index (χ0n) is 15.4. The Labute approximate surface area is 165 Å². The van der Waals surface area contributed by atoms with E-state index in [1.54, 1.807) is 13.4 Å². The first-order chi connectivity index (χ1) is 13.7. The number of nitrogens with one attached hydrogen (secondary N) is 1. The second-order valence-corrected chi connectivity index (χ2v) is 6.94. The van der Waals surface area contributed by atoms with E-state index in [2.05, 4.69) is 26.9 Å². The summed E-state index contributed by atoms with van der Waals surface area (Å²) in [4.78, 5) is 0.245. The monoisotopic (exact) mass is 391 g/mol. The van der Waals surface area contributed by atoms with Crippen LogP contribution >= 0.6 is 12.2 Å². The second kappa shape index (κ2) is 6.38. The summed E-state index contributed by atoms with van der Waals surface area (Å²) in [5.74, 6) is 2.13. The highest BCUT2D eigenvalue weighted by molar-refractivity contribution is 7.71. The maximum absolute atomic E-state index is 5.68. The van der Waals surface area contributed by atoms with Gasteiger partial charge in [0.25, 0.3) is 4.84 Å². The van der Waals surface area contributed by atoms with Crippen molar-refractivity contribution < 1.29 is 13.6 Å². The minimum Gasteiger partial charge on any atom is -0.496 e. The topological polar surface area (TPSA) is 69.1 Å². The quantitative estimate of drug-likeness (QED) is 0.412. The van der Waals surface area contributed by atoms with Crippen molar-refractivity contribution in [2.24, 2.45) is 0 Å². The number of ether oxygens (including phenoxy) is 1. The molecule has 28 heavy (non-hydrogen) atoms. The summed E-state index contributed by atoms with van der Waals surface area (Å²) in [6.07, 6.45) is 1.69. The number of aromatic nitrogens is 3. The van der Waals surface area contributed by atoms with E-state index in [9.17, 15) is 0 Å². The minimum absolute atomic E-state index is 0.245. The molecule has 0 radical (unpaired) electrons. The zero-order chi connectivity index (χ0) is 19.3. The number of aromatic amines is 1. The number of benzene rings is 2. The molecular formula is C21H17N3O3S. The van der Waals surface area contributed by atoms with Crippen molar-refractivity contribution in [3.05, 3.63) is 65.0 Å². The fourth-order valence-corrected chi connectivity index (χ4v) is 3.96. The molecule has 7 heteroatoms. The maximum atomic E-state index is 5.68. The standard InChI is InChI=1S/C21H17N3O3S/c1-12-18(20-22-23-21(28)27-20)16-10-17(25-2)14-7-3-4-8-15(14)19(16)24(12)11-13-6-5-9-26-13/h3-10H,11H2,1-2H3,(H,23,28). The molecule has 0 spiro atoms. The first-order valence-electron chi connectivity index (χ1n) is 8.84. The van der Waals surface area contributed by atoms with Gasteiger partial charge in [0, 0.05) is 21.9 Å². The molecule has 1 N–H and O–H groups in total. The molecule has 3 heterocycles. The van der Waals surface area contributed by atoms with Gasteiger partial charge in [0.2, 0.25) is 5.89 Å². The van der Waals surface area contributed by atoms with Gasteiger partial charge in [-0.25, -0.2) is 5.10 Å². The molecule has 140 valence electrons. The Morgan fingerprint density at radius 3 is 2.64 bits per heavy atom. The average molecular weight is 391 g/mol. The first kappa shape index (κ1) is 16.8. The van der Waals surface area contributed by atoms with E-state index in [4.69, 9.17) is 25.8 Å². The van der Waals surface area contributed by atoms with Crippen LogP contribution in [0, 0.1) is 11.8 Å². The lowest BCUT2D eigenvalue weighted by molar-refractivity contribution is 0.420. The third kappa shape index (κ3) is 2.47. The fraction of sp³-hybridized carbons (Fsp3) is 0.143. The van der Waals surface area contributed by atoms with Crippen LogP contribution in [0.5, 0.6) is 5.75 Å². The van der Waals surface area contributed by atoms with E-state index in [-0.39, 0.29) is 4.84 Å². The summed E-state index contributed by atoms with van der Waals surface area (Å²) in [5, 5.41) is 10.1. The molecule has 5 aromatic rings. The molecule has 0 amide bonds. The van der Waals surface area contributed by atoms with Gasteiger partial charge in [-0.15, -0.1) is 5.10 Å². The van der Waals surface area contributed by atoms with Gasteiger partial charge >= 0.3 is 0 Å². The van der Waals surface area contributed by atoms with Gasteiger partial charge in [0.1, 0.15) is 11.5 Å². The molecule has 0 aliphatic rings. The van der Waals surface area contributed by atoms with Crippen molar-refractivity contribution in [2.45, 2.75) is 13.5 Å². The average Bonchev–Trinajstić information content (AvgIpc) is 3.42. The number of nitrogens with zero attached hydrogens (tertiary/aromatic N) is 2. The van der Waals surface area contributed by atoms with E-state index in [0.717, 1.165) is 44.4 Å². The number of rotatable bonds is 4. The van der Waals surface area contributed by atoms with Crippen molar-refractivity contribution in [1.29, 1.82) is 0 Å². The number of hydrogen-bond donors (Lipinski definition) is 1. The van der Waals surface area contributed by atoms with Crippen LogP contribution in [0.1, 0.15) is 11.5 Å². The van der Waals surface area contributed by atoms with E-state index in [0.29, 0.717) is 12.4 Å². The summed E-state index contributed by atoms with van der Waals surface area (Å²) >= 11 is 5.09. The maximum Gasteiger partial charge on any atom is 0.284 e. The molecule has 2 aromatic carbocycles. The lowest BCUT2D eigenvalue weighted by atomic mass is 10.0. The van der Waals surface area contributed by atoms with Crippen LogP contribution in [0.15, 0.2) is 57.6 Å². The molecule has 0 fully saturated rings. The molecule has 0 unspecified atom stereocenters. The number of hydrogen-bond acceptors (Lipinski definition) is 5.